The fourth-order valence-electron chi connectivity index (χ4n) is 2.91. The Balaban J connectivity index is 1.60. The average Bonchev–Trinajstić information content (AvgIpc) is 2.66. The molecule has 132 valence electrons. The lowest BCUT2D eigenvalue weighted by Gasteiger charge is -2.30. The summed E-state index contributed by atoms with van der Waals surface area (Å²) in [4.78, 5) is 14.5. The van der Waals surface area contributed by atoms with Crippen molar-refractivity contribution in [2.45, 2.75) is 39.5 Å². The molecule has 0 saturated heterocycles. The van der Waals surface area contributed by atoms with Crippen LogP contribution in [0.3, 0.4) is 0 Å². The molecule has 0 bridgehead atoms. The van der Waals surface area contributed by atoms with Gasteiger partial charge in [0.15, 0.2) is 0 Å². The van der Waals surface area contributed by atoms with E-state index < -0.39 is 6.10 Å². The van der Waals surface area contributed by atoms with Gasteiger partial charge in [-0.15, -0.1) is 5.10 Å². The maximum absolute atomic E-state index is 12.7. The lowest BCUT2D eigenvalue weighted by atomic mass is 10.1. The highest BCUT2D eigenvalue weighted by Gasteiger charge is 2.26. The van der Waals surface area contributed by atoms with Crippen LogP contribution in [-0.4, -0.2) is 40.2 Å². The van der Waals surface area contributed by atoms with Gasteiger partial charge in [0.2, 0.25) is 0 Å². The van der Waals surface area contributed by atoms with Crippen LogP contribution in [-0.2, 0) is 29.1 Å². The Morgan fingerprint density at radius 2 is 2.12 bits per heavy atom. The summed E-state index contributed by atoms with van der Waals surface area (Å²) in [5.41, 5.74) is 3.10. The first kappa shape index (κ1) is 17.4. The summed E-state index contributed by atoms with van der Waals surface area (Å²) in [7, 11) is 0. The van der Waals surface area contributed by atoms with Gasteiger partial charge in [0.25, 0.3) is 5.91 Å². The maximum atomic E-state index is 12.7. The van der Waals surface area contributed by atoms with Crippen molar-refractivity contribution in [1.82, 2.24) is 15.1 Å². The van der Waals surface area contributed by atoms with Gasteiger partial charge >= 0.3 is 0 Å². The first-order valence-corrected chi connectivity index (χ1v) is 8.71. The van der Waals surface area contributed by atoms with Crippen LogP contribution in [0.5, 0.6) is 0 Å². The molecule has 25 heavy (non-hydrogen) atoms. The third-order valence-electron chi connectivity index (χ3n) is 4.30. The zero-order valence-electron chi connectivity index (χ0n) is 14.7. The molecular formula is C19H24N4O2. The summed E-state index contributed by atoms with van der Waals surface area (Å²) >= 11 is 0. The molecule has 1 aliphatic rings. The predicted molar refractivity (Wildman–Crippen MR) is 96.0 cm³/mol. The number of carbonyl (C=O) groups excluding carboxylic acids is 1. The highest BCUT2D eigenvalue weighted by Crippen LogP contribution is 2.20. The van der Waals surface area contributed by atoms with E-state index in [0.717, 1.165) is 35.6 Å². The second-order valence-electron chi connectivity index (χ2n) is 6.18. The van der Waals surface area contributed by atoms with Gasteiger partial charge in [-0.2, -0.15) is 5.10 Å². The molecule has 1 atom stereocenters. The van der Waals surface area contributed by atoms with Crippen molar-refractivity contribution in [3.05, 3.63) is 53.2 Å². The highest BCUT2D eigenvalue weighted by atomic mass is 16.5. The Morgan fingerprint density at radius 3 is 2.88 bits per heavy atom. The van der Waals surface area contributed by atoms with Gasteiger partial charge in [0.1, 0.15) is 11.9 Å². The van der Waals surface area contributed by atoms with E-state index in [2.05, 4.69) is 15.5 Å². The Bertz CT molecular complexity index is 721. The van der Waals surface area contributed by atoms with Crippen molar-refractivity contribution < 1.29 is 9.53 Å². The molecule has 1 N–H and O–H groups in total. The fourth-order valence-corrected chi connectivity index (χ4v) is 2.91. The smallest absolute Gasteiger partial charge is 0.251 e. The fraction of sp³-hybridized carbons (Fsp3) is 0.421. The highest BCUT2D eigenvalue weighted by molar-refractivity contribution is 5.80. The summed E-state index contributed by atoms with van der Waals surface area (Å²) in [5.74, 6) is 0.771. The van der Waals surface area contributed by atoms with E-state index in [0.29, 0.717) is 19.7 Å². The molecule has 3 rings (SSSR count). The summed E-state index contributed by atoms with van der Waals surface area (Å²) < 4.78 is 5.76. The lowest BCUT2D eigenvalue weighted by Crippen LogP contribution is -2.42. The van der Waals surface area contributed by atoms with E-state index in [1.807, 2.05) is 55.1 Å². The number of amides is 1. The number of rotatable bonds is 6. The van der Waals surface area contributed by atoms with E-state index >= 15 is 0 Å². The Labute approximate surface area is 148 Å². The van der Waals surface area contributed by atoms with Crippen LogP contribution in [0.4, 0.5) is 5.82 Å². The first-order valence-electron chi connectivity index (χ1n) is 8.71. The van der Waals surface area contributed by atoms with Crippen molar-refractivity contribution >= 4 is 11.7 Å². The molecule has 1 aliphatic heterocycles. The number of hydrogen-bond donors (Lipinski definition) is 1. The number of nitrogens with one attached hydrogen (secondary N) is 1. The molecule has 0 spiro atoms. The first-order chi connectivity index (χ1) is 12.2. The largest absolute Gasteiger partial charge is 0.369 e. The third-order valence-corrected chi connectivity index (χ3v) is 4.30. The number of anilines is 1. The molecule has 0 unspecified atom stereocenters. The normalized spacial score (nSPS) is 14.7. The van der Waals surface area contributed by atoms with Gasteiger partial charge in [0.05, 0.1) is 12.3 Å². The van der Waals surface area contributed by atoms with E-state index in [-0.39, 0.29) is 5.91 Å². The minimum atomic E-state index is -0.468. The summed E-state index contributed by atoms with van der Waals surface area (Å²) in [6.07, 6.45) is 0.260. The zero-order valence-corrected chi connectivity index (χ0v) is 14.7. The maximum Gasteiger partial charge on any atom is 0.251 e. The second-order valence-corrected chi connectivity index (χ2v) is 6.18. The van der Waals surface area contributed by atoms with Crippen molar-refractivity contribution in [1.29, 1.82) is 0 Å². The molecule has 2 aromatic rings. The summed E-state index contributed by atoms with van der Waals surface area (Å²) in [6.45, 7) is 6.27. The van der Waals surface area contributed by atoms with Crippen LogP contribution in [0.1, 0.15) is 30.7 Å². The van der Waals surface area contributed by atoms with Crippen molar-refractivity contribution in [2.75, 3.05) is 18.4 Å². The summed E-state index contributed by atoms with van der Waals surface area (Å²) in [5, 5.41) is 11.6. The average molecular weight is 340 g/mol. The molecule has 6 nitrogen and oxygen atoms in total. The Morgan fingerprint density at radius 1 is 1.32 bits per heavy atom. The summed E-state index contributed by atoms with van der Waals surface area (Å²) in [6, 6.07) is 11.9. The van der Waals surface area contributed by atoms with Crippen LogP contribution in [0.15, 0.2) is 36.4 Å². The SMILES string of the molecule is CCNc1cc2c(nn1)CCN(C(=O)[C@@H](C)OCc1ccccc1)C2. The van der Waals surface area contributed by atoms with Crippen molar-refractivity contribution in [2.24, 2.45) is 0 Å². The molecule has 0 radical (unpaired) electrons. The van der Waals surface area contributed by atoms with Crippen LogP contribution in [0, 0.1) is 0 Å². The number of nitrogens with zero attached hydrogens (tertiary/aromatic N) is 3. The van der Waals surface area contributed by atoms with Crippen LogP contribution in [0.25, 0.3) is 0 Å². The molecule has 1 aromatic carbocycles. The lowest BCUT2D eigenvalue weighted by molar-refractivity contribution is -0.144. The van der Waals surface area contributed by atoms with Crippen molar-refractivity contribution in [3.8, 4) is 0 Å². The van der Waals surface area contributed by atoms with Gasteiger partial charge in [-0.1, -0.05) is 30.3 Å². The van der Waals surface area contributed by atoms with Gasteiger partial charge in [-0.05, 0) is 31.0 Å². The van der Waals surface area contributed by atoms with Crippen molar-refractivity contribution in [3.63, 3.8) is 0 Å². The minimum absolute atomic E-state index is 0.0170. The van der Waals surface area contributed by atoms with Gasteiger partial charge in [0, 0.05) is 26.1 Å². The monoisotopic (exact) mass is 340 g/mol. The van der Waals surface area contributed by atoms with Gasteiger partial charge in [-0.25, -0.2) is 0 Å². The zero-order chi connectivity index (χ0) is 17.6. The quantitative estimate of drug-likeness (QED) is 0.875. The number of fused-ring (bicyclic) bond motifs is 1. The standard InChI is InChI=1S/C19H24N4O2/c1-3-20-18-11-16-12-23(10-9-17(16)21-22-18)19(24)14(2)25-13-15-7-5-4-6-8-15/h4-8,11,14H,3,9-10,12-13H2,1-2H3,(H,20,22)/t14-/m1/s1. The molecule has 1 aromatic heterocycles. The number of hydrogen-bond acceptors (Lipinski definition) is 5. The number of carbonyl (C=O) groups is 1. The van der Waals surface area contributed by atoms with E-state index in [9.17, 15) is 4.79 Å². The number of benzene rings is 1. The number of aromatic nitrogens is 2. The van der Waals surface area contributed by atoms with E-state index in [4.69, 9.17) is 4.74 Å². The molecule has 2 heterocycles. The van der Waals surface area contributed by atoms with E-state index in [1.165, 1.54) is 0 Å². The van der Waals surface area contributed by atoms with Gasteiger partial charge < -0.3 is 15.0 Å². The molecular weight excluding hydrogens is 316 g/mol. The van der Waals surface area contributed by atoms with E-state index in [1.54, 1.807) is 0 Å². The van der Waals surface area contributed by atoms with Crippen LogP contribution in [0.2, 0.25) is 0 Å². The number of ether oxygens (including phenoxy) is 1. The topological polar surface area (TPSA) is 67.4 Å². The van der Waals surface area contributed by atoms with Gasteiger partial charge in [-0.3, -0.25) is 4.79 Å². The third kappa shape index (κ3) is 4.33. The predicted octanol–water partition coefficient (Wildman–Crippen LogP) is 2.40. The molecule has 0 fully saturated rings. The Hall–Kier alpha value is -2.47. The second kappa shape index (κ2) is 8.07. The molecule has 1 amide bonds. The van der Waals surface area contributed by atoms with Crippen LogP contribution >= 0.6 is 0 Å². The minimum Gasteiger partial charge on any atom is -0.369 e. The molecule has 0 aliphatic carbocycles. The van der Waals surface area contributed by atoms with Crippen LogP contribution < -0.4 is 5.32 Å². The molecule has 0 saturated carbocycles. The molecule has 6 heteroatoms. The Kier molecular flexibility index (Phi) is 5.60.